The summed E-state index contributed by atoms with van der Waals surface area (Å²) in [5.41, 5.74) is -0.0644. The van der Waals surface area contributed by atoms with Crippen LogP contribution in [0.3, 0.4) is 0 Å². The van der Waals surface area contributed by atoms with E-state index in [4.69, 9.17) is 5.84 Å². The van der Waals surface area contributed by atoms with Crippen molar-refractivity contribution in [2.24, 2.45) is 5.84 Å². The molecule has 0 aliphatic rings. The zero-order chi connectivity index (χ0) is 11.4. The zero-order valence-electron chi connectivity index (χ0n) is 8.01. The van der Waals surface area contributed by atoms with E-state index in [-0.39, 0.29) is 16.3 Å². The van der Waals surface area contributed by atoms with Crippen molar-refractivity contribution in [2.75, 3.05) is 7.11 Å². The molecule has 2 amide bonds. The van der Waals surface area contributed by atoms with Crippen molar-refractivity contribution in [3.8, 4) is 5.75 Å². The number of rotatable bonds is 1. The summed E-state index contributed by atoms with van der Waals surface area (Å²) in [5, 5.41) is 9.62. The number of amides is 2. The molecule has 6 heteroatoms. The second-order valence-corrected chi connectivity index (χ2v) is 2.66. The number of aromatic hydroxyl groups is 1. The Morgan fingerprint density at radius 3 is 2.53 bits per heavy atom. The third-order valence-electron chi connectivity index (χ3n) is 1.72. The van der Waals surface area contributed by atoms with Gasteiger partial charge < -0.3 is 9.84 Å². The maximum absolute atomic E-state index is 11.5. The van der Waals surface area contributed by atoms with Gasteiger partial charge in [0.2, 0.25) is 0 Å². The van der Waals surface area contributed by atoms with Crippen LogP contribution in [0.15, 0.2) is 24.3 Å². The van der Waals surface area contributed by atoms with Crippen LogP contribution in [-0.4, -0.2) is 29.2 Å². The number of carbonyl (C=O) groups is 2. The Bertz CT molecular complexity index is 391. The van der Waals surface area contributed by atoms with Gasteiger partial charge in [-0.2, -0.15) is 5.01 Å². The monoisotopic (exact) mass is 210 g/mol. The van der Waals surface area contributed by atoms with E-state index in [1.807, 2.05) is 0 Å². The molecule has 0 saturated heterocycles. The van der Waals surface area contributed by atoms with Crippen LogP contribution in [0, 0.1) is 0 Å². The molecule has 0 atom stereocenters. The molecule has 3 N–H and O–H groups in total. The predicted octanol–water partition coefficient (Wildman–Crippen LogP) is 0.475. The molecule has 0 unspecified atom stereocenters. The van der Waals surface area contributed by atoms with Crippen molar-refractivity contribution in [3.63, 3.8) is 0 Å². The van der Waals surface area contributed by atoms with Gasteiger partial charge in [-0.3, -0.25) is 4.79 Å². The van der Waals surface area contributed by atoms with Crippen molar-refractivity contribution in [1.29, 1.82) is 0 Å². The molecule has 0 fully saturated rings. The van der Waals surface area contributed by atoms with Gasteiger partial charge in [0, 0.05) is 0 Å². The van der Waals surface area contributed by atoms with E-state index in [0.29, 0.717) is 0 Å². The van der Waals surface area contributed by atoms with Crippen LogP contribution >= 0.6 is 0 Å². The maximum atomic E-state index is 11.5. The van der Waals surface area contributed by atoms with Gasteiger partial charge in [0.05, 0.1) is 12.7 Å². The van der Waals surface area contributed by atoms with Crippen LogP contribution in [0.1, 0.15) is 10.4 Å². The number of phenols is 1. The molecule has 0 radical (unpaired) electrons. The van der Waals surface area contributed by atoms with Crippen LogP contribution in [0.4, 0.5) is 4.79 Å². The number of benzene rings is 1. The van der Waals surface area contributed by atoms with Crippen LogP contribution < -0.4 is 5.84 Å². The summed E-state index contributed by atoms with van der Waals surface area (Å²) in [4.78, 5) is 22.4. The number of methoxy groups -OCH3 is 1. The van der Waals surface area contributed by atoms with Crippen molar-refractivity contribution < 1.29 is 19.4 Å². The second-order valence-electron chi connectivity index (χ2n) is 2.66. The molecule has 0 bridgehead atoms. The molecule has 0 saturated carbocycles. The predicted molar refractivity (Wildman–Crippen MR) is 50.9 cm³/mol. The first-order valence-electron chi connectivity index (χ1n) is 4.03. The van der Waals surface area contributed by atoms with Crippen molar-refractivity contribution in [1.82, 2.24) is 5.01 Å². The third kappa shape index (κ3) is 2.23. The van der Waals surface area contributed by atoms with E-state index in [0.717, 1.165) is 7.11 Å². The van der Waals surface area contributed by atoms with E-state index >= 15 is 0 Å². The topological polar surface area (TPSA) is 92.9 Å². The van der Waals surface area contributed by atoms with E-state index in [1.54, 1.807) is 6.07 Å². The number of para-hydroxylation sites is 1. The number of carbonyl (C=O) groups excluding carboxylic acids is 2. The number of hydrogen-bond acceptors (Lipinski definition) is 5. The van der Waals surface area contributed by atoms with Gasteiger partial charge in [-0.1, -0.05) is 12.1 Å². The summed E-state index contributed by atoms with van der Waals surface area (Å²) < 4.78 is 4.25. The number of hydrazine groups is 1. The van der Waals surface area contributed by atoms with E-state index in [1.165, 1.54) is 18.2 Å². The standard InChI is InChI=1S/C9H10N2O4/c1-15-9(14)11(10)8(13)6-4-2-3-5-7(6)12/h2-5,12H,10H2,1H3. The molecule has 0 heterocycles. The molecule has 0 aliphatic carbocycles. The molecule has 0 aromatic heterocycles. The highest BCUT2D eigenvalue weighted by Crippen LogP contribution is 2.16. The van der Waals surface area contributed by atoms with Crippen LogP contribution in [0.25, 0.3) is 0 Å². The maximum Gasteiger partial charge on any atom is 0.431 e. The van der Waals surface area contributed by atoms with Gasteiger partial charge in [0.1, 0.15) is 5.75 Å². The fourth-order valence-corrected chi connectivity index (χ4v) is 0.966. The molecule has 80 valence electrons. The van der Waals surface area contributed by atoms with Crippen molar-refractivity contribution in [2.45, 2.75) is 0 Å². The average Bonchev–Trinajstić information content (AvgIpc) is 2.26. The summed E-state index contributed by atoms with van der Waals surface area (Å²) in [6, 6.07) is 5.75. The number of imide groups is 1. The Labute approximate surface area is 85.8 Å². The summed E-state index contributed by atoms with van der Waals surface area (Å²) >= 11 is 0. The molecule has 1 aromatic carbocycles. The normalized spacial score (nSPS) is 9.47. The molecule has 0 spiro atoms. The first-order valence-corrected chi connectivity index (χ1v) is 4.03. The van der Waals surface area contributed by atoms with Crippen LogP contribution in [0.2, 0.25) is 0 Å². The minimum absolute atomic E-state index is 0.0644. The number of phenolic OH excluding ortho intramolecular Hbond substituents is 1. The Morgan fingerprint density at radius 2 is 2.00 bits per heavy atom. The van der Waals surface area contributed by atoms with Crippen LogP contribution in [-0.2, 0) is 4.74 Å². The average molecular weight is 210 g/mol. The summed E-state index contributed by atoms with van der Waals surface area (Å²) in [6.45, 7) is 0. The molecular formula is C9H10N2O4. The molecular weight excluding hydrogens is 200 g/mol. The number of hydrogen-bond donors (Lipinski definition) is 2. The number of ether oxygens (including phenoxy) is 1. The summed E-state index contributed by atoms with van der Waals surface area (Å²) in [7, 11) is 1.10. The van der Waals surface area contributed by atoms with E-state index in [2.05, 4.69) is 4.74 Å². The number of nitrogens with two attached hydrogens (primary N) is 1. The van der Waals surface area contributed by atoms with Crippen molar-refractivity contribution in [3.05, 3.63) is 29.8 Å². The number of nitrogens with zero attached hydrogens (tertiary/aromatic N) is 1. The zero-order valence-corrected chi connectivity index (χ0v) is 8.01. The molecule has 6 nitrogen and oxygen atoms in total. The lowest BCUT2D eigenvalue weighted by Gasteiger charge is -2.13. The first-order chi connectivity index (χ1) is 7.07. The molecule has 0 aliphatic heterocycles. The Kier molecular flexibility index (Phi) is 3.25. The fraction of sp³-hybridized carbons (Fsp3) is 0.111. The largest absolute Gasteiger partial charge is 0.507 e. The van der Waals surface area contributed by atoms with E-state index < -0.39 is 12.0 Å². The van der Waals surface area contributed by atoms with Crippen molar-refractivity contribution >= 4 is 12.0 Å². The Balaban J connectivity index is 2.95. The highest BCUT2D eigenvalue weighted by molar-refractivity contribution is 6.03. The lowest BCUT2D eigenvalue weighted by molar-refractivity contribution is 0.0704. The highest BCUT2D eigenvalue weighted by atomic mass is 16.5. The second kappa shape index (κ2) is 4.43. The Morgan fingerprint density at radius 1 is 1.40 bits per heavy atom. The smallest absolute Gasteiger partial charge is 0.431 e. The van der Waals surface area contributed by atoms with Gasteiger partial charge >= 0.3 is 6.09 Å². The fourth-order valence-electron chi connectivity index (χ4n) is 0.966. The van der Waals surface area contributed by atoms with Gasteiger partial charge in [-0.25, -0.2) is 10.6 Å². The lowest BCUT2D eigenvalue weighted by atomic mass is 10.2. The highest BCUT2D eigenvalue weighted by Gasteiger charge is 2.22. The lowest BCUT2D eigenvalue weighted by Crippen LogP contribution is -2.42. The summed E-state index contributed by atoms with van der Waals surface area (Å²) in [6.07, 6.45) is -0.997. The summed E-state index contributed by atoms with van der Waals surface area (Å²) in [5.74, 6) is 4.09. The van der Waals surface area contributed by atoms with Gasteiger partial charge in [0.25, 0.3) is 5.91 Å². The molecule has 1 aromatic rings. The quantitative estimate of drug-likeness (QED) is 0.399. The molecule has 15 heavy (non-hydrogen) atoms. The third-order valence-corrected chi connectivity index (χ3v) is 1.72. The SMILES string of the molecule is COC(=O)N(N)C(=O)c1ccccc1O. The van der Waals surface area contributed by atoms with Gasteiger partial charge in [-0.15, -0.1) is 0 Å². The minimum Gasteiger partial charge on any atom is -0.507 e. The first kappa shape index (κ1) is 11.0. The van der Waals surface area contributed by atoms with Crippen LogP contribution in [0.5, 0.6) is 5.75 Å². The minimum atomic E-state index is -0.997. The van der Waals surface area contributed by atoms with Gasteiger partial charge in [-0.05, 0) is 12.1 Å². The Hall–Kier alpha value is -2.08. The van der Waals surface area contributed by atoms with Gasteiger partial charge in [0.15, 0.2) is 0 Å². The van der Waals surface area contributed by atoms with E-state index in [9.17, 15) is 14.7 Å². The molecule has 1 rings (SSSR count).